The number of aryl methyl sites for hydroxylation is 1. The molecule has 0 spiro atoms. The number of carbonyl (C=O) groups is 1. The van der Waals surface area contributed by atoms with Crippen LogP contribution in [0.25, 0.3) is 0 Å². The van der Waals surface area contributed by atoms with E-state index in [1.807, 2.05) is 32.0 Å². The zero-order chi connectivity index (χ0) is 28.0. The number of aliphatic imine (C=N–C) groups is 2. The van der Waals surface area contributed by atoms with E-state index >= 15 is 0 Å². The second-order valence-corrected chi connectivity index (χ2v) is 11.7. The van der Waals surface area contributed by atoms with Crippen molar-refractivity contribution in [2.45, 2.75) is 51.5 Å². The summed E-state index contributed by atoms with van der Waals surface area (Å²) in [5.41, 5.74) is 5.85. The van der Waals surface area contributed by atoms with Gasteiger partial charge in [0, 0.05) is 37.2 Å². The van der Waals surface area contributed by atoms with Crippen LogP contribution >= 0.6 is 23.8 Å². The van der Waals surface area contributed by atoms with E-state index in [1.54, 1.807) is 13.3 Å². The van der Waals surface area contributed by atoms with Gasteiger partial charge in [0.2, 0.25) is 5.91 Å². The van der Waals surface area contributed by atoms with Crippen LogP contribution in [-0.2, 0) is 20.9 Å². The first-order chi connectivity index (χ1) is 18.7. The lowest BCUT2D eigenvalue weighted by Crippen LogP contribution is -2.28. The second-order valence-electron chi connectivity index (χ2n) is 10.3. The molecule has 4 rings (SSSR count). The molecule has 2 aliphatic heterocycles. The lowest BCUT2D eigenvalue weighted by Gasteiger charge is -2.30. The number of allylic oxidation sites excluding steroid dienone is 1. The number of halogens is 1. The first kappa shape index (κ1) is 29.1. The van der Waals surface area contributed by atoms with Crippen LogP contribution in [0.2, 0.25) is 0 Å². The van der Waals surface area contributed by atoms with Crippen LogP contribution in [0.15, 0.2) is 57.2 Å². The van der Waals surface area contributed by atoms with Gasteiger partial charge in [0.25, 0.3) is 0 Å². The Balaban J connectivity index is 1.32. The Kier molecular flexibility index (Phi) is 9.71. The number of rotatable bonds is 11. The van der Waals surface area contributed by atoms with Crippen molar-refractivity contribution in [3.8, 4) is 0 Å². The Bertz CT molecular complexity index is 1270. The summed E-state index contributed by atoms with van der Waals surface area (Å²) in [5.74, 6) is 1.00. The van der Waals surface area contributed by atoms with Crippen LogP contribution in [0.4, 0.5) is 11.4 Å². The number of hydrogen-bond acceptors (Lipinski definition) is 8. The van der Waals surface area contributed by atoms with Gasteiger partial charge in [0.15, 0.2) is 0 Å². The molecule has 2 aliphatic rings. The first-order valence-corrected chi connectivity index (χ1v) is 14.2. The number of benzene rings is 2. The van der Waals surface area contributed by atoms with Crippen molar-refractivity contribution in [3.05, 3.63) is 69.5 Å². The van der Waals surface area contributed by atoms with Gasteiger partial charge in [-0.25, -0.2) is 9.30 Å². The maximum atomic E-state index is 12.4. The number of piperidine rings is 1. The molecule has 0 bridgehead atoms. The van der Waals surface area contributed by atoms with Crippen molar-refractivity contribution in [2.24, 2.45) is 9.98 Å². The summed E-state index contributed by atoms with van der Waals surface area (Å²) in [6, 6.07) is 12.5. The molecule has 0 unspecified atom stereocenters. The van der Waals surface area contributed by atoms with E-state index in [1.165, 1.54) is 23.4 Å². The minimum atomic E-state index is -0.604. The number of fused-ring (bicyclic) bond motifs is 1. The molecule has 0 aromatic heterocycles. The van der Waals surface area contributed by atoms with E-state index in [4.69, 9.17) is 15.8 Å². The van der Waals surface area contributed by atoms with Crippen molar-refractivity contribution in [2.75, 3.05) is 37.5 Å². The van der Waals surface area contributed by atoms with Crippen molar-refractivity contribution < 1.29 is 8.98 Å². The third-order valence-corrected chi connectivity index (χ3v) is 8.35. The van der Waals surface area contributed by atoms with E-state index in [9.17, 15) is 4.79 Å². The molecule has 0 aliphatic carbocycles. The van der Waals surface area contributed by atoms with Gasteiger partial charge in [-0.1, -0.05) is 35.9 Å². The van der Waals surface area contributed by atoms with Crippen molar-refractivity contribution >= 4 is 54.0 Å². The Labute approximate surface area is 240 Å². The van der Waals surface area contributed by atoms with Crippen LogP contribution in [0, 0.1) is 6.92 Å². The van der Waals surface area contributed by atoms with Gasteiger partial charge in [-0.15, -0.1) is 0 Å². The van der Waals surface area contributed by atoms with Crippen LogP contribution in [-0.4, -0.2) is 50.0 Å². The molecule has 1 fully saturated rings. The molecule has 2 aromatic carbocycles. The predicted octanol–water partition coefficient (Wildman–Crippen LogP) is 5.95. The molecule has 8 nitrogen and oxygen atoms in total. The van der Waals surface area contributed by atoms with E-state index < -0.39 is 5.41 Å². The lowest BCUT2D eigenvalue weighted by molar-refractivity contribution is -0.119. The fraction of sp³-hybridized carbons (Fsp3) is 0.414. The molecular weight excluding hydrogens is 532 g/mol. The van der Waals surface area contributed by atoms with Gasteiger partial charge in [-0.05, 0) is 80.6 Å². The average Bonchev–Trinajstić information content (AvgIpc) is 3.16. The maximum absolute atomic E-state index is 12.4. The van der Waals surface area contributed by atoms with E-state index in [0.29, 0.717) is 30.0 Å². The molecule has 1 amide bonds. The Morgan fingerprint density at radius 1 is 1.31 bits per heavy atom. The summed E-state index contributed by atoms with van der Waals surface area (Å²) >= 11 is 7.93. The molecule has 39 heavy (non-hydrogen) atoms. The predicted molar refractivity (Wildman–Crippen MR) is 164 cm³/mol. The van der Waals surface area contributed by atoms with E-state index in [-0.39, 0.29) is 5.91 Å². The summed E-state index contributed by atoms with van der Waals surface area (Å²) in [5, 5.41) is 9.92. The molecular formula is C29H37ClN6O2S. The molecule has 208 valence electrons. The largest absolute Gasteiger partial charge is 0.366 e. The standard InChI is InChI=1S/C29H37ClN6O2S/c1-19-15-21(20-11-13-36(14-12-20)39-38-5)9-10-24(19)34-18-32-17-23(30)27(31-4)33-16-22-7-6-8-25-26(22)29(2,3)28(37)35-25/h6-10,15,17,20,33-34H,4,11-14,16,18H2,1-3,5H3,(H,35,37)/b27-23-,32-17-. The molecule has 0 saturated carbocycles. The summed E-state index contributed by atoms with van der Waals surface area (Å²) in [4.78, 5) is 20.9. The molecule has 1 saturated heterocycles. The lowest BCUT2D eigenvalue weighted by atomic mass is 9.83. The minimum Gasteiger partial charge on any atom is -0.366 e. The average molecular weight is 569 g/mol. The summed E-state index contributed by atoms with van der Waals surface area (Å²) < 4.78 is 7.45. The summed E-state index contributed by atoms with van der Waals surface area (Å²) in [6.45, 7) is 12.5. The topological polar surface area (TPSA) is 90.3 Å². The van der Waals surface area contributed by atoms with E-state index in [0.717, 1.165) is 48.4 Å². The van der Waals surface area contributed by atoms with Crippen molar-refractivity contribution in [3.63, 3.8) is 0 Å². The minimum absolute atomic E-state index is 0.00689. The fourth-order valence-corrected chi connectivity index (χ4v) is 5.97. The van der Waals surface area contributed by atoms with Crippen LogP contribution in [0.3, 0.4) is 0 Å². The first-order valence-electron chi connectivity index (χ1n) is 13.1. The molecule has 0 atom stereocenters. The molecule has 0 radical (unpaired) electrons. The highest BCUT2D eigenvalue weighted by molar-refractivity contribution is 7.92. The number of anilines is 2. The summed E-state index contributed by atoms with van der Waals surface area (Å²) in [7, 11) is 1.71. The van der Waals surface area contributed by atoms with Gasteiger partial charge < -0.3 is 20.1 Å². The zero-order valence-electron chi connectivity index (χ0n) is 23.0. The molecule has 2 aromatic rings. The highest BCUT2D eigenvalue weighted by Crippen LogP contribution is 2.39. The quantitative estimate of drug-likeness (QED) is 0.176. The number of nitrogens with zero attached hydrogens (tertiary/aromatic N) is 3. The normalized spacial score (nSPS) is 18.0. The third-order valence-electron chi connectivity index (χ3n) is 7.34. The SMILES string of the molecule is C=N/C(NCc1cccc2c1C(C)(C)C(=O)N2)=C(Cl)\C=N/CNc1ccc(C2CCN(SOC)CC2)cc1C. The van der Waals surface area contributed by atoms with Gasteiger partial charge in [-0.2, -0.15) is 0 Å². The smallest absolute Gasteiger partial charge is 0.234 e. The van der Waals surface area contributed by atoms with Crippen molar-refractivity contribution in [1.82, 2.24) is 9.62 Å². The third kappa shape index (κ3) is 6.84. The van der Waals surface area contributed by atoms with Gasteiger partial charge >= 0.3 is 0 Å². The number of hydrogen-bond donors (Lipinski definition) is 3. The summed E-state index contributed by atoms with van der Waals surface area (Å²) in [6.07, 6.45) is 3.83. The number of nitrogens with one attached hydrogen (secondary N) is 3. The molecule has 3 N–H and O–H groups in total. The van der Waals surface area contributed by atoms with Gasteiger partial charge in [0.05, 0.1) is 24.8 Å². The highest BCUT2D eigenvalue weighted by Gasteiger charge is 2.39. The van der Waals surface area contributed by atoms with Crippen LogP contribution in [0.1, 0.15) is 54.9 Å². The van der Waals surface area contributed by atoms with Crippen LogP contribution in [0.5, 0.6) is 0 Å². The zero-order valence-corrected chi connectivity index (χ0v) is 24.6. The number of amides is 1. The van der Waals surface area contributed by atoms with Crippen LogP contribution < -0.4 is 16.0 Å². The van der Waals surface area contributed by atoms with Gasteiger partial charge in [0.1, 0.15) is 17.5 Å². The Morgan fingerprint density at radius 3 is 2.77 bits per heavy atom. The van der Waals surface area contributed by atoms with Gasteiger partial charge in [-0.3, -0.25) is 9.79 Å². The second kappa shape index (κ2) is 13.0. The molecule has 10 heteroatoms. The maximum Gasteiger partial charge on any atom is 0.234 e. The molecule has 2 heterocycles. The monoisotopic (exact) mass is 568 g/mol. The van der Waals surface area contributed by atoms with Crippen molar-refractivity contribution in [1.29, 1.82) is 0 Å². The highest BCUT2D eigenvalue weighted by atomic mass is 35.5. The Hall–Kier alpha value is -2.85. The Morgan fingerprint density at radius 2 is 2.08 bits per heavy atom. The van der Waals surface area contributed by atoms with E-state index in [2.05, 4.69) is 62.1 Å². The number of carbonyl (C=O) groups excluding carboxylic acids is 1. The fourth-order valence-electron chi connectivity index (χ4n) is 5.20.